The second-order valence-electron chi connectivity index (χ2n) is 7.46. The SMILES string of the molecule is C[C@H](NC(=O)OC(C)(C)C)C(=O)Nc1cccc(F)c1C(=O)NNc1ccccc1. The molecule has 0 fully saturated rings. The number of nitrogens with one attached hydrogen (secondary N) is 4. The maximum atomic E-state index is 14.3. The van der Waals surface area contributed by atoms with Crippen molar-refractivity contribution in [1.82, 2.24) is 10.7 Å². The van der Waals surface area contributed by atoms with Gasteiger partial charge in [-0.05, 0) is 52.0 Å². The summed E-state index contributed by atoms with van der Waals surface area (Å²) in [4.78, 5) is 36.7. The molecule has 9 heteroatoms. The van der Waals surface area contributed by atoms with Crippen LogP contribution in [0.5, 0.6) is 0 Å². The van der Waals surface area contributed by atoms with Crippen molar-refractivity contribution in [1.29, 1.82) is 0 Å². The van der Waals surface area contributed by atoms with Crippen molar-refractivity contribution in [3.05, 3.63) is 59.9 Å². The van der Waals surface area contributed by atoms with Gasteiger partial charge in [-0.2, -0.15) is 0 Å². The molecule has 3 amide bonds. The Morgan fingerprint density at radius 2 is 1.67 bits per heavy atom. The second kappa shape index (κ2) is 9.73. The summed E-state index contributed by atoms with van der Waals surface area (Å²) in [5.74, 6) is -2.23. The zero-order chi connectivity index (χ0) is 22.3. The van der Waals surface area contributed by atoms with Crippen LogP contribution >= 0.6 is 0 Å². The number of rotatable bonds is 6. The molecule has 0 aliphatic rings. The molecule has 2 rings (SSSR count). The van der Waals surface area contributed by atoms with Crippen LogP contribution in [0.25, 0.3) is 0 Å². The number of benzene rings is 2. The second-order valence-corrected chi connectivity index (χ2v) is 7.46. The number of hydrogen-bond acceptors (Lipinski definition) is 5. The number of alkyl carbamates (subject to hydrolysis) is 1. The lowest BCUT2D eigenvalue weighted by Gasteiger charge is -2.22. The average Bonchev–Trinajstić information content (AvgIpc) is 2.65. The Morgan fingerprint density at radius 1 is 1.00 bits per heavy atom. The number of halogens is 1. The molecule has 4 N–H and O–H groups in total. The molecule has 0 radical (unpaired) electrons. The van der Waals surface area contributed by atoms with Gasteiger partial charge >= 0.3 is 6.09 Å². The van der Waals surface area contributed by atoms with E-state index in [2.05, 4.69) is 21.5 Å². The first kappa shape index (κ1) is 22.7. The summed E-state index contributed by atoms with van der Waals surface area (Å²) in [6.45, 7) is 6.52. The van der Waals surface area contributed by atoms with E-state index in [0.717, 1.165) is 6.07 Å². The molecule has 0 saturated heterocycles. The Balaban J connectivity index is 2.07. The van der Waals surface area contributed by atoms with Crippen molar-refractivity contribution in [3.63, 3.8) is 0 Å². The molecule has 2 aromatic rings. The van der Waals surface area contributed by atoms with Gasteiger partial charge in [-0.25, -0.2) is 9.18 Å². The van der Waals surface area contributed by atoms with Crippen LogP contribution in [0.3, 0.4) is 0 Å². The fourth-order valence-electron chi connectivity index (χ4n) is 2.36. The number of amides is 3. The van der Waals surface area contributed by atoms with Crippen LogP contribution in [-0.2, 0) is 9.53 Å². The molecular formula is C21H25FN4O4. The van der Waals surface area contributed by atoms with Crippen LogP contribution in [-0.4, -0.2) is 29.6 Å². The van der Waals surface area contributed by atoms with Crippen molar-refractivity contribution in [2.75, 3.05) is 10.7 Å². The highest BCUT2D eigenvalue weighted by Gasteiger charge is 2.23. The fraction of sp³-hybridized carbons (Fsp3) is 0.286. The van der Waals surface area contributed by atoms with Crippen molar-refractivity contribution >= 4 is 29.3 Å². The van der Waals surface area contributed by atoms with Crippen LogP contribution in [0, 0.1) is 5.82 Å². The Hall–Kier alpha value is -3.62. The maximum absolute atomic E-state index is 14.3. The summed E-state index contributed by atoms with van der Waals surface area (Å²) in [5, 5.41) is 4.85. The number of para-hydroxylation sites is 1. The average molecular weight is 416 g/mol. The van der Waals surface area contributed by atoms with Crippen LogP contribution in [0.4, 0.5) is 20.6 Å². The molecule has 0 aliphatic carbocycles. The van der Waals surface area contributed by atoms with Crippen molar-refractivity contribution in [3.8, 4) is 0 Å². The van der Waals surface area contributed by atoms with Gasteiger partial charge in [0, 0.05) is 0 Å². The third-order valence-electron chi connectivity index (χ3n) is 3.72. The summed E-state index contributed by atoms with van der Waals surface area (Å²) >= 11 is 0. The van der Waals surface area contributed by atoms with Gasteiger partial charge in [0.2, 0.25) is 5.91 Å². The number of carbonyl (C=O) groups is 3. The minimum atomic E-state index is -0.985. The number of carbonyl (C=O) groups excluding carboxylic acids is 3. The Morgan fingerprint density at radius 3 is 2.30 bits per heavy atom. The number of ether oxygens (including phenoxy) is 1. The number of anilines is 2. The summed E-state index contributed by atoms with van der Waals surface area (Å²) in [6, 6.07) is 11.6. The summed E-state index contributed by atoms with van der Waals surface area (Å²) in [7, 11) is 0. The van der Waals surface area contributed by atoms with E-state index < -0.39 is 35.4 Å². The van der Waals surface area contributed by atoms with E-state index >= 15 is 0 Å². The summed E-state index contributed by atoms with van der Waals surface area (Å²) < 4.78 is 19.4. The largest absolute Gasteiger partial charge is 0.444 e. The predicted octanol–water partition coefficient (Wildman–Crippen LogP) is 3.43. The number of hydrogen-bond donors (Lipinski definition) is 4. The summed E-state index contributed by atoms with van der Waals surface area (Å²) in [5.41, 5.74) is 4.55. The molecule has 0 aliphatic heterocycles. The van der Waals surface area contributed by atoms with Gasteiger partial charge < -0.3 is 15.4 Å². The fourth-order valence-corrected chi connectivity index (χ4v) is 2.36. The third-order valence-corrected chi connectivity index (χ3v) is 3.72. The first-order chi connectivity index (χ1) is 14.1. The van der Waals surface area contributed by atoms with Crippen LogP contribution in [0.15, 0.2) is 48.5 Å². The third kappa shape index (κ3) is 6.77. The van der Waals surface area contributed by atoms with Crippen LogP contribution < -0.4 is 21.5 Å². The highest BCUT2D eigenvalue weighted by Crippen LogP contribution is 2.19. The number of hydrazine groups is 1. The molecule has 160 valence electrons. The van der Waals surface area contributed by atoms with E-state index in [1.807, 2.05) is 6.07 Å². The van der Waals surface area contributed by atoms with E-state index in [1.54, 1.807) is 45.0 Å². The topological polar surface area (TPSA) is 109 Å². The van der Waals surface area contributed by atoms with Gasteiger partial charge in [-0.3, -0.25) is 20.4 Å². The molecule has 8 nitrogen and oxygen atoms in total. The van der Waals surface area contributed by atoms with E-state index in [9.17, 15) is 18.8 Å². The van der Waals surface area contributed by atoms with Gasteiger partial charge in [0.05, 0.1) is 11.4 Å². The van der Waals surface area contributed by atoms with Crippen molar-refractivity contribution < 1.29 is 23.5 Å². The van der Waals surface area contributed by atoms with Crippen LogP contribution in [0.2, 0.25) is 0 Å². The Labute approximate surface area is 174 Å². The van der Waals surface area contributed by atoms with Gasteiger partial charge in [-0.15, -0.1) is 0 Å². The monoisotopic (exact) mass is 416 g/mol. The Kier molecular flexibility index (Phi) is 7.35. The van der Waals surface area contributed by atoms with Crippen molar-refractivity contribution in [2.45, 2.75) is 39.3 Å². The highest BCUT2D eigenvalue weighted by atomic mass is 19.1. The highest BCUT2D eigenvalue weighted by molar-refractivity contribution is 6.05. The summed E-state index contributed by atoms with van der Waals surface area (Å²) in [6.07, 6.45) is -0.769. The lowest BCUT2D eigenvalue weighted by atomic mass is 10.1. The molecule has 1 atom stereocenters. The van der Waals surface area contributed by atoms with Gasteiger partial charge in [0.15, 0.2) is 0 Å². The maximum Gasteiger partial charge on any atom is 0.408 e. The predicted molar refractivity (Wildman–Crippen MR) is 111 cm³/mol. The molecule has 0 heterocycles. The van der Waals surface area contributed by atoms with Crippen LogP contribution in [0.1, 0.15) is 38.1 Å². The zero-order valence-corrected chi connectivity index (χ0v) is 17.2. The minimum Gasteiger partial charge on any atom is -0.444 e. The lowest BCUT2D eigenvalue weighted by molar-refractivity contribution is -0.117. The molecule has 2 aromatic carbocycles. The standard InChI is InChI=1S/C21H25FN4O4/c1-13(23-20(29)30-21(2,3)4)18(27)24-16-12-8-11-15(22)17(16)19(28)26-25-14-9-6-5-7-10-14/h5-13,25H,1-4H3,(H,23,29)(H,24,27)(H,26,28)/t13-/m0/s1. The van der Waals surface area contributed by atoms with E-state index in [-0.39, 0.29) is 11.3 Å². The van der Waals surface area contributed by atoms with Gasteiger partial charge in [0.1, 0.15) is 23.0 Å². The smallest absolute Gasteiger partial charge is 0.408 e. The van der Waals surface area contributed by atoms with E-state index in [0.29, 0.717) is 5.69 Å². The zero-order valence-electron chi connectivity index (χ0n) is 17.2. The van der Waals surface area contributed by atoms with Gasteiger partial charge in [0.25, 0.3) is 5.91 Å². The van der Waals surface area contributed by atoms with E-state index in [4.69, 9.17) is 4.74 Å². The van der Waals surface area contributed by atoms with Gasteiger partial charge in [-0.1, -0.05) is 24.3 Å². The molecular weight excluding hydrogens is 391 g/mol. The molecule has 0 aromatic heterocycles. The minimum absolute atomic E-state index is 0.0369. The molecule has 30 heavy (non-hydrogen) atoms. The lowest BCUT2D eigenvalue weighted by Crippen LogP contribution is -2.44. The van der Waals surface area contributed by atoms with Crippen molar-refractivity contribution in [2.24, 2.45) is 0 Å². The normalized spacial score (nSPS) is 11.8. The van der Waals surface area contributed by atoms with E-state index in [1.165, 1.54) is 19.1 Å². The molecule has 0 saturated carbocycles. The Bertz CT molecular complexity index is 913. The quantitative estimate of drug-likeness (QED) is 0.540. The molecule has 0 unspecified atom stereocenters. The first-order valence-corrected chi connectivity index (χ1v) is 9.27. The molecule has 0 spiro atoms. The first-order valence-electron chi connectivity index (χ1n) is 9.27. The molecule has 0 bridgehead atoms.